The Labute approximate surface area is 159 Å². The van der Waals surface area contributed by atoms with E-state index in [-0.39, 0.29) is 12.0 Å². The van der Waals surface area contributed by atoms with Gasteiger partial charge in [-0.2, -0.15) is 5.10 Å². The van der Waals surface area contributed by atoms with Crippen molar-refractivity contribution in [2.45, 2.75) is 38.6 Å². The topological polar surface area (TPSA) is 54.2 Å². The summed E-state index contributed by atoms with van der Waals surface area (Å²) in [5, 5.41) is 16.3. The Hall–Kier alpha value is -1.61. The van der Waals surface area contributed by atoms with Gasteiger partial charge in [-0.15, -0.1) is 0 Å². The predicted octanol–water partition coefficient (Wildman–Crippen LogP) is 2.94. The molecule has 0 amide bonds. The molecule has 1 aliphatic heterocycles. The first kappa shape index (κ1) is 17.8. The molecule has 0 unspecified atom stereocenters. The van der Waals surface area contributed by atoms with E-state index < -0.39 is 0 Å². The molecule has 4 rings (SSSR count). The van der Waals surface area contributed by atoms with E-state index in [0.717, 1.165) is 42.5 Å². The van der Waals surface area contributed by atoms with Crippen LogP contribution in [-0.2, 0) is 6.54 Å². The Kier molecular flexibility index (Phi) is 4.92. The van der Waals surface area contributed by atoms with Crippen molar-refractivity contribution in [2.75, 3.05) is 26.7 Å². The lowest BCUT2D eigenvalue weighted by molar-refractivity contribution is 0.0624. The summed E-state index contributed by atoms with van der Waals surface area (Å²) in [6.45, 7) is 2.93. The minimum absolute atomic E-state index is 0.0890. The number of aromatic nitrogens is 3. The van der Waals surface area contributed by atoms with Gasteiger partial charge in [-0.25, -0.2) is 4.98 Å². The van der Waals surface area contributed by atoms with Crippen molar-refractivity contribution >= 4 is 22.5 Å². The summed E-state index contributed by atoms with van der Waals surface area (Å²) >= 11 is 6.14. The minimum Gasteiger partial charge on any atom is -0.396 e. The van der Waals surface area contributed by atoms with Crippen molar-refractivity contribution in [1.29, 1.82) is 0 Å². The number of hydrogen-bond acceptors (Lipinski definition) is 4. The molecule has 5 nitrogen and oxygen atoms in total. The summed E-state index contributed by atoms with van der Waals surface area (Å²) in [6.07, 6.45) is 7.44. The fraction of sp³-hybridized carbons (Fsp3) is 0.600. The number of aliphatic hydroxyl groups is 1. The average molecular weight is 373 g/mol. The van der Waals surface area contributed by atoms with E-state index >= 15 is 0 Å². The van der Waals surface area contributed by atoms with Crippen LogP contribution in [0.2, 0.25) is 5.15 Å². The van der Waals surface area contributed by atoms with Gasteiger partial charge in [0, 0.05) is 43.2 Å². The van der Waals surface area contributed by atoms with Crippen LogP contribution in [0.15, 0.2) is 12.3 Å². The first-order valence-electron chi connectivity index (χ1n) is 9.42. The molecule has 1 aliphatic carbocycles. The van der Waals surface area contributed by atoms with Gasteiger partial charge in [-0.3, -0.25) is 4.68 Å². The van der Waals surface area contributed by atoms with E-state index in [1.54, 1.807) is 6.20 Å². The van der Waals surface area contributed by atoms with Gasteiger partial charge < -0.3 is 10.0 Å². The monoisotopic (exact) mass is 372 g/mol. The first-order chi connectivity index (χ1) is 12.6. The third-order valence-corrected chi connectivity index (χ3v) is 6.00. The standard InChI is InChI=1S/C20H25ClN4O/c1-24-11-15(12-24)5-6-17-16-10-22-19(21)9-18(16)25(23-17)13-20(14-26)7-3-2-4-8-20/h9-10,15,26H,2-4,7-8,11-14H2,1H3. The van der Waals surface area contributed by atoms with E-state index in [1.807, 2.05) is 10.7 Å². The Morgan fingerprint density at radius 2 is 2.08 bits per heavy atom. The SMILES string of the molecule is CN1CC(C#Cc2nn(CC3(CO)CCCCC3)c3cc(Cl)ncc23)C1. The lowest BCUT2D eigenvalue weighted by Crippen LogP contribution is -2.42. The Morgan fingerprint density at radius 1 is 1.31 bits per heavy atom. The number of rotatable bonds is 3. The van der Waals surface area contributed by atoms with Crippen LogP contribution >= 0.6 is 11.6 Å². The molecule has 0 bridgehead atoms. The number of pyridine rings is 1. The molecule has 2 aliphatic rings. The summed E-state index contributed by atoms with van der Waals surface area (Å²) < 4.78 is 1.99. The number of likely N-dealkylation sites (tertiary alicyclic amines) is 1. The Balaban J connectivity index is 1.68. The van der Waals surface area contributed by atoms with Gasteiger partial charge in [-0.1, -0.05) is 36.8 Å². The number of nitrogens with zero attached hydrogens (tertiary/aromatic N) is 4. The van der Waals surface area contributed by atoms with Crippen molar-refractivity contribution < 1.29 is 5.11 Å². The Morgan fingerprint density at radius 3 is 2.77 bits per heavy atom. The predicted molar refractivity (Wildman–Crippen MR) is 103 cm³/mol. The highest BCUT2D eigenvalue weighted by Gasteiger charge is 2.33. The van der Waals surface area contributed by atoms with Gasteiger partial charge in [0.15, 0.2) is 0 Å². The van der Waals surface area contributed by atoms with Crippen LogP contribution < -0.4 is 0 Å². The average Bonchev–Trinajstić information content (AvgIpc) is 2.95. The second kappa shape index (κ2) is 7.19. The van der Waals surface area contributed by atoms with Crippen molar-refractivity contribution in [3.63, 3.8) is 0 Å². The zero-order chi connectivity index (χ0) is 18.1. The van der Waals surface area contributed by atoms with Crippen LogP contribution in [0.25, 0.3) is 10.9 Å². The molecule has 3 heterocycles. The van der Waals surface area contributed by atoms with Crippen molar-refractivity contribution in [3.8, 4) is 11.8 Å². The zero-order valence-electron chi connectivity index (χ0n) is 15.2. The van der Waals surface area contributed by atoms with Crippen LogP contribution in [0.5, 0.6) is 0 Å². The largest absolute Gasteiger partial charge is 0.396 e. The number of halogens is 1. The minimum atomic E-state index is -0.0890. The van der Waals surface area contributed by atoms with E-state index in [2.05, 4.69) is 28.8 Å². The number of aliphatic hydroxyl groups excluding tert-OH is 1. The first-order valence-corrected chi connectivity index (χ1v) is 9.79. The number of hydrogen-bond donors (Lipinski definition) is 1. The smallest absolute Gasteiger partial charge is 0.144 e. The highest BCUT2D eigenvalue weighted by molar-refractivity contribution is 6.30. The van der Waals surface area contributed by atoms with Gasteiger partial charge in [0.25, 0.3) is 0 Å². The van der Waals surface area contributed by atoms with E-state index in [1.165, 1.54) is 19.3 Å². The van der Waals surface area contributed by atoms with Gasteiger partial charge in [-0.05, 0) is 25.8 Å². The molecule has 1 saturated heterocycles. The third kappa shape index (κ3) is 3.46. The van der Waals surface area contributed by atoms with Gasteiger partial charge in [0.2, 0.25) is 0 Å². The summed E-state index contributed by atoms with van der Waals surface area (Å²) in [4.78, 5) is 6.48. The van der Waals surface area contributed by atoms with E-state index in [4.69, 9.17) is 16.7 Å². The van der Waals surface area contributed by atoms with Gasteiger partial charge in [0.1, 0.15) is 10.8 Å². The van der Waals surface area contributed by atoms with Crippen LogP contribution in [0.3, 0.4) is 0 Å². The highest BCUT2D eigenvalue weighted by Crippen LogP contribution is 2.38. The fourth-order valence-electron chi connectivity index (χ4n) is 4.20. The van der Waals surface area contributed by atoms with Crippen molar-refractivity contribution in [3.05, 3.63) is 23.1 Å². The molecule has 26 heavy (non-hydrogen) atoms. The molecule has 138 valence electrons. The molecule has 0 atom stereocenters. The molecule has 2 aromatic rings. The van der Waals surface area contributed by atoms with Gasteiger partial charge >= 0.3 is 0 Å². The molecule has 1 N–H and O–H groups in total. The Bertz CT molecular complexity index is 854. The summed E-state index contributed by atoms with van der Waals surface area (Å²) in [5.74, 6) is 7.02. The highest BCUT2D eigenvalue weighted by atomic mass is 35.5. The molecule has 0 aromatic carbocycles. The zero-order valence-corrected chi connectivity index (χ0v) is 16.0. The number of fused-ring (bicyclic) bond motifs is 1. The maximum atomic E-state index is 10.1. The van der Waals surface area contributed by atoms with Crippen LogP contribution in [0, 0.1) is 23.2 Å². The summed E-state index contributed by atoms with van der Waals surface area (Å²) in [6, 6.07) is 1.86. The molecule has 1 saturated carbocycles. The maximum Gasteiger partial charge on any atom is 0.144 e. The summed E-state index contributed by atoms with van der Waals surface area (Å²) in [7, 11) is 2.10. The van der Waals surface area contributed by atoms with Crippen molar-refractivity contribution in [2.24, 2.45) is 11.3 Å². The molecular weight excluding hydrogens is 348 g/mol. The fourth-order valence-corrected chi connectivity index (χ4v) is 4.36. The molecule has 0 radical (unpaired) electrons. The second-order valence-electron chi connectivity index (χ2n) is 7.94. The molecule has 2 aromatic heterocycles. The van der Waals surface area contributed by atoms with Gasteiger partial charge in [0.05, 0.1) is 17.5 Å². The molecule has 0 spiro atoms. The molecular formula is C20H25ClN4O. The lowest BCUT2D eigenvalue weighted by Gasteiger charge is -2.35. The quantitative estimate of drug-likeness (QED) is 0.664. The normalized spacial score (nSPS) is 20.6. The lowest BCUT2D eigenvalue weighted by atomic mass is 9.74. The van der Waals surface area contributed by atoms with Crippen LogP contribution in [-0.4, -0.2) is 51.5 Å². The van der Waals surface area contributed by atoms with E-state index in [9.17, 15) is 5.11 Å². The van der Waals surface area contributed by atoms with Crippen molar-refractivity contribution in [1.82, 2.24) is 19.7 Å². The van der Waals surface area contributed by atoms with E-state index in [0.29, 0.717) is 17.6 Å². The maximum absolute atomic E-state index is 10.1. The molecule has 6 heteroatoms. The van der Waals surface area contributed by atoms with Crippen LogP contribution in [0.4, 0.5) is 0 Å². The molecule has 2 fully saturated rings. The van der Waals surface area contributed by atoms with Crippen LogP contribution in [0.1, 0.15) is 37.8 Å². The second-order valence-corrected chi connectivity index (χ2v) is 8.32. The summed E-state index contributed by atoms with van der Waals surface area (Å²) in [5.41, 5.74) is 1.63. The third-order valence-electron chi connectivity index (χ3n) is 5.80.